The minimum absolute atomic E-state index is 0.124. The molecule has 1 aliphatic heterocycles. The number of hydrogen-bond acceptors (Lipinski definition) is 7. The number of carbonyl (C=O) groups excluding carboxylic acids is 1. The fourth-order valence-corrected chi connectivity index (χ4v) is 3.15. The van der Waals surface area contributed by atoms with Gasteiger partial charge in [0.2, 0.25) is 0 Å². The van der Waals surface area contributed by atoms with E-state index in [-0.39, 0.29) is 6.03 Å². The van der Waals surface area contributed by atoms with Crippen molar-refractivity contribution in [3.63, 3.8) is 0 Å². The van der Waals surface area contributed by atoms with Crippen LogP contribution in [-0.2, 0) is 0 Å². The summed E-state index contributed by atoms with van der Waals surface area (Å²) < 4.78 is 1.54. The number of aryl methyl sites for hydroxylation is 2. The highest BCUT2D eigenvalue weighted by Gasteiger charge is 2.23. The van der Waals surface area contributed by atoms with Crippen LogP contribution in [0.25, 0.3) is 5.69 Å². The lowest BCUT2D eigenvalue weighted by Crippen LogP contribution is -2.50. The van der Waals surface area contributed by atoms with E-state index in [2.05, 4.69) is 35.7 Å². The second-order valence-corrected chi connectivity index (χ2v) is 6.63. The Hall–Kier alpha value is -3.56. The Kier molecular flexibility index (Phi) is 4.83. The molecule has 0 spiro atoms. The first-order valence-corrected chi connectivity index (χ1v) is 9.05. The molecule has 1 aliphatic rings. The van der Waals surface area contributed by atoms with Crippen LogP contribution < -0.4 is 10.2 Å². The second kappa shape index (κ2) is 7.59. The second-order valence-electron chi connectivity index (χ2n) is 6.63. The van der Waals surface area contributed by atoms with Crippen LogP contribution in [0.3, 0.4) is 0 Å². The number of rotatable bonds is 3. The number of nitrogens with one attached hydrogen (secondary N) is 1. The van der Waals surface area contributed by atoms with Crippen LogP contribution in [0.2, 0.25) is 0 Å². The molecule has 10 heteroatoms. The van der Waals surface area contributed by atoms with Gasteiger partial charge in [0.25, 0.3) is 0 Å². The quantitative estimate of drug-likeness (QED) is 0.734. The Morgan fingerprint density at radius 3 is 2.71 bits per heavy atom. The summed E-state index contributed by atoms with van der Waals surface area (Å²) in [4.78, 5) is 25.6. The molecule has 1 aromatic carbocycles. The van der Waals surface area contributed by atoms with Crippen molar-refractivity contribution < 1.29 is 4.79 Å². The number of nitrogens with zero attached hydrogens (tertiary/aromatic N) is 8. The standard InChI is InChI=1S/C18H21N9O/c1-13-11-19-14(2)17(21-13)25-6-8-26(9-7-25)18(28)22-15-4-3-5-16(10-15)27-12-20-23-24-27/h3-5,10-12H,6-9H2,1-2H3,(H,22,28). The summed E-state index contributed by atoms with van der Waals surface area (Å²) in [5, 5.41) is 14.1. The van der Waals surface area contributed by atoms with Gasteiger partial charge in [-0.15, -0.1) is 5.10 Å². The third-order valence-electron chi connectivity index (χ3n) is 4.63. The molecule has 0 saturated carbocycles. The van der Waals surface area contributed by atoms with Gasteiger partial charge in [-0.05, 0) is 42.5 Å². The van der Waals surface area contributed by atoms with Gasteiger partial charge in [0, 0.05) is 38.1 Å². The van der Waals surface area contributed by atoms with Gasteiger partial charge in [-0.3, -0.25) is 4.98 Å². The molecule has 3 aromatic rings. The lowest BCUT2D eigenvalue weighted by molar-refractivity contribution is 0.208. The Morgan fingerprint density at radius 2 is 1.96 bits per heavy atom. The molecule has 2 aromatic heterocycles. The number of tetrazole rings is 1. The van der Waals surface area contributed by atoms with E-state index in [1.165, 1.54) is 6.33 Å². The third-order valence-corrected chi connectivity index (χ3v) is 4.63. The first-order chi connectivity index (χ1) is 13.6. The molecule has 4 rings (SSSR count). The molecule has 0 aliphatic carbocycles. The highest BCUT2D eigenvalue weighted by Crippen LogP contribution is 2.18. The van der Waals surface area contributed by atoms with Crippen molar-refractivity contribution in [3.05, 3.63) is 48.2 Å². The average Bonchev–Trinajstić information content (AvgIpc) is 3.25. The smallest absolute Gasteiger partial charge is 0.321 e. The number of benzene rings is 1. The van der Waals surface area contributed by atoms with E-state index in [0.717, 1.165) is 36.0 Å². The molecule has 28 heavy (non-hydrogen) atoms. The minimum atomic E-state index is -0.124. The van der Waals surface area contributed by atoms with Crippen molar-refractivity contribution in [3.8, 4) is 5.69 Å². The number of hydrogen-bond donors (Lipinski definition) is 1. The number of anilines is 2. The maximum Gasteiger partial charge on any atom is 0.321 e. The molecule has 0 unspecified atom stereocenters. The summed E-state index contributed by atoms with van der Waals surface area (Å²) in [6.45, 7) is 6.57. The molecule has 0 atom stereocenters. The van der Waals surface area contributed by atoms with Crippen LogP contribution >= 0.6 is 0 Å². The predicted octanol–water partition coefficient (Wildman–Crippen LogP) is 1.42. The first kappa shape index (κ1) is 17.8. The van der Waals surface area contributed by atoms with E-state index in [4.69, 9.17) is 0 Å². The van der Waals surface area contributed by atoms with E-state index in [1.54, 1.807) is 15.8 Å². The van der Waals surface area contributed by atoms with Gasteiger partial charge in [0.15, 0.2) is 0 Å². The molecule has 3 heterocycles. The highest BCUT2D eigenvalue weighted by atomic mass is 16.2. The Morgan fingerprint density at radius 1 is 1.14 bits per heavy atom. The molecule has 1 N–H and O–H groups in total. The van der Waals surface area contributed by atoms with Gasteiger partial charge in [-0.25, -0.2) is 14.5 Å². The largest absolute Gasteiger partial charge is 0.352 e. The number of carbonyl (C=O) groups is 1. The molecular weight excluding hydrogens is 358 g/mol. The van der Waals surface area contributed by atoms with E-state index < -0.39 is 0 Å². The van der Waals surface area contributed by atoms with Gasteiger partial charge < -0.3 is 15.1 Å². The molecule has 144 valence electrons. The predicted molar refractivity (Wildman–Crippen MR) is 103 cm³/mol. The topological polar surface area (TPSA) is 105 Å². The van der Waals surface area contributed by atoms with Crippen molar-refractivity contribution in [2.75, 3.05) is 36.4 Å². The Labute approximate surface area is 162 Å². The Balaban J connectivity index is 1.38. The zero-order chi connectivity index (χ0) is 19.5. The van der Waals surface area contributed by atoms with Gasteiger partial charge in [0.05, 0.1) is 17.1 Å². The van der Waals surface area contributed by atoms with Crippen LogP contribution in [0.15, 0.2) is 36.8 Å². The van der Waals surface area contributed by atoms with E-state index >= 15 is 0 Å². The maximum atomic E-state index is 12.7. The lowest BCUT2D eigenvalue weighted by atomic mass is 10.2. The summed E-state index contributed by atoms with van der Waals surface area (Å²) in [6, 6.07) is 7.27. The van der Waals surface area contributed by atoms with Gasteiger partial charge in [-0.2, -0.15) is 0 Å². The maximum absolute atomic E-state index is 12.7. The van der Waals surface area contributed by atoms with E-state index in [9.17, 15) is 4.79 Å². The average molecular weight is 379 g/mol. The normalized spacial score (nSPS) is 14.2. The molecule has 10 nitrogen and oxygen atoms in total. The van der Waals surface area contributed by atoms with Gasteiger partial charge >= 0.3 is 6.03 Å². The molecule has 0 radical (unpaired) electrons. The van der Waals surface area contributed by atoms with E-state index in [1.807, 2.05) is 38.1 Å². The highest BCUT2D eigenvalue weighted by molar-refractivity contribution is 5.89. The molecule has 1 saturated heterocycles. The Bertz CT molecular complexity index is 965. The fraction of sp³-hybridized carbons (Fsp3) is 0.333. The van der Waals surface area contributed by atoms with Crippen molar-refractivity contribution in [2.45, 2.75) is 13.8 Å². The number of amides is 2. The van der Waals surface area contributed by atoms with Crippen molar-refractivity contribution in [1.82, 2.24) is 35.1 Å². The van der Waals surface area contributed by atoms with E-state index in [0.29, 0.717) is 18.8 Å². The van der Waals surface area contributed by atoms with Crippen molar-refractivity contribution >= 4 is 17.5 Å². The summed E-state index contributed by atoms with van der Waals surface area (Å²) in [7, 11) is 0. The fourth-order valence-electron chi connectivity index (χ4n) is 3.15. The van der Waals surface area contributed by atoms with Gasteiger partial charge in [0.1, 0.15) is 12.1 Å². The number of piperazine rings is 1. The van der Waals surface area contributed by atoms with Crippen LogP contribution in [0, 0.1) is 13.8 Å². The summed E-state index contributed by atoms with van der Waals surface area (Å²) >= 11 is 0. The SMILES string of the molecule is Cc1cnc(C)c(N2CCN(C(=O)Nc3cccc(-n4cnnn4)c3)CC2)n1. The van der Waals surface area contributed by atoms with Crippen LogP contribution in [0.5, 0.6) is 0 Å². The van der Waals surface area contributed by atoms with Crippen LogP contribution in [-0.4, -0.2) is 67.3 Å². The molecule has 0 bridgehead atoms. The molecule has 2 amide bonds. The summed E-state index contributed by atoms with van der Waals surface area (Å²) in [6.07, 6.45) is 3.28. The van der Waals surface area contributed by atoms with Gasteiger partial charge in [-0.1, -0.05) is 6.07 Å². The third kappa shape index (κ3) is 3.75. The number of aromatic nitrogens is 6. The summed E-state index contributed by atoms with van der Waals surface area (Å²) in [5.41, 5.74) is 3.27. The van der Waals surface area contributed by atoms with Crippen molar-refractivity contribution in [1.29, 1.82) is 0 Å². The summed E-state index contributed by atoms with van der Waals surface area (Å²) in [5.74, 6) is 0.897. The number of urea groups is 1. The van der Waals surface area contributed by atoms with Crippen molar-refractivity contribution in [2.24, 2.45) is 0 Å². The zero-order valence-electron chi connectivity index (χ0n) is 15.8. The monoisotopic (exact) mass is 379 g/mol. The van der Waals surface area contributed by atoms with Crippen LogP contribution in [0.1, 0.15) is 11.4 Å². The zero-order valence-corrected chi connectivity index (χ0v) is 15.8. The first-order valence-electron chi connectivity index (χ1n) is 9.05. The minimum Gasteiger partial charge on any atom is -0.352 e. The van der Waals surface area contributed by atoms with Crippen LogP contribution in [0.4, 0.5) is 16.3 Å². The molecular formula is C18H21N9O. The molecule has 1 fully saturated rings. The lowest BCUT2D eigenvalue weighted by Gasteiger charge is -2.35.